The molecule has 3 rings (SSSR count). The van der Waals surface area contributed by atoms with Gasteiger partial charge in [-0.1, -0.05) is 18.2 Å². The average Bonchev–Trinajstić information content (AvgIpc) is 2.65. The van der Waals surface area contributed by atoms with Crippen molar-refractivity contribution in [3.8, 4) is 5.75 Å². The topological polar surface area (TPSA) is 22.4 Å². The van der Waals surface area contributed by atoms with Gasteiger partial charge in [0, 0.05) is 10.8 Å². The molecule has 0 spiro atoms. The first-order valence-electron chi connectivity index (χ1n) is 4.94. The molecule has 0 radical (unpaired) electrons. The van der Waals surface area contributed by atoms with Crippen LogP contribution < -0.4 is 4.74 Å². The van der Waals surface area contributed by atoms with Crippen LogP contribution in [0.1, 0.15) is 0 Å². The molecule has 0 atom stereocenters. The number of benzene rings is 2. The molecule has 0 saturated carbocycles. The van der Waals surface area contributed by atoms with E-state index < -0.39 is 0 Å². The predicted molar refractivity (Wildman–Crippen MR) is 68.0 cm³/mol. The SMILES string of the molecule is COc1cc2c(cc1Br)oc1ccccc12. The molecule has 2 nitrogen and oxygen atoms in total. The first-order valence-corrected chi connectivity index (χ1v) is 5.73. The summed E-state index contributed by atoms with van der Waals surface area (Å²) in [4.78, 5) is 0. The van der Waals surface area contributed by atoms with Crippen LogP contribution in [0.4, 0.5) is 0 Å². The molecule has 0 fully saturated rings. The molecule has 0 aliphatic rings. The summed E-state index contributed by atoms with van der Waals surface area (Å²) in [5.41, 5.74) is 1.77. The van der Waals surface area contributed by atoms with Crippen LogP contribution in [-0.4, -0.2) is 7.11 Å². The number of rotatable bonds is 1. The number of methoxy groups -OCH3 is 1. The van der Waals surface area contributed by atoms with Gasteiger partial charge in [-0.25, -0.2) is 0 Å². The molecule has 0 amide bonds. The maximum absolute atomic E-state index is 5.75. The van der Waals surface area contributed by atoms with Crippen LogP contribution in [0.5, 0.6) is 5.75 Å². The first kappa shape index (κ1) is 9.73. The quantitative estimate of drug-likeness (QED) is 0.659. The Morgan fingerprint density at radius 2 is 1.88 bits per heavy atom. The number of fused-ring (bicyclic) bond motifs is 3. The number of halogens is 1. The minimum atomic E-state index is 0.819. The van der Waals surface area contributed by atoms with Crippen molar-refractivity contribution in [3.63, 3.8) is 0 Å². The largest absolute Gasteiger partial charge is 0.496 e. The molecule has 0 bridgehead atoms. The highest BCUT2D eigenvalue weighted by Gasteiger charge is 2.09. The van der Waals surface area contributed by atoms with E-state index in [1.54, 1.807) is 7.11 Å². The van der Waals surface area contributed by atoms with E-state index in [1.807, 2.05) is 30.3 Å². The van der Waals surface area contributed by atoms with Gasteiger partial charge in [0.15, 0.2) is 0 Å². The zero-order valence-corrected chi connectivity index (χ0v) is 10.2. The molecule has 16 heavy (non-hydrogen) atoms. The van der Waals surface area contributed by atoms with Crippen LogP contribution in [0.3, 0.4) is 0 Å². The van der Waals surface area contributed by atoms with Gasteiger partial charge in [0.05, 0.1) is 11.6 Å². The first-order chi connectivity index (χ1) is 7.79. The van der Waals surface area contributed by atoms with Crippen LogP contribution in [0, 0.1) is 0 Å². The maximum Gasteiger partial charge on any atom is 0.136 e. The molecule has 3 aromatic rings. The maximum atomic E-state index is 5.75. The lowest BCUT2D eigenvalue weighted by atomic mass is 10.1. The van der Waals surface area contributed by atoms with Crippen LogP contribution >= 0.6 is 15.9 Å². The fourth-order valence-electron chi connectivity index (χ4n) is 1.88. The highest BCUT2D eigenvalue weighted by molar-refractivity contribution is 9.10. The van der Waals surface area contributed by atoms with E-state index >= 15 is 0 Å². The molecule has 0 saturated heterocycles. The molecule has 0 aliphatic carbocycles. The third kappa shape index (κ3) is 1.32. The summed E-state index contributed by atoms with van der Waals surface area (Å²) in [6.07, 6.45) is 0. The van der Waals surface area contributed by atoms with Gasteiger partial charge >= 0.3 is 0 Å². The molecular formula is C13H9BrO2. The minimum Gasteiger partial charge on any atom is -0.496 e. The molecule has 0 unspecified atom stereocenters. The van der Waals surface area contributed by atoms with Crippen LogP contribution in [-0.2, 0) is 0 Å². The molecule has 80 valence electrons. The van der Waals surface area contributed by atoms with E-state index in [4.69, 9.17) is 9.15 Å². The summed E-state index contributed by atoms with van der Waals surface area (Å²) in [5.74, 6) is 0.819. The normalized spacial score (nSPS) is 11.1. The lowest BCUT2D eigenvalue weighted by Crippen LogP contribution is -1.83. The summed E-state index contributed by atoms with van der Waals surface area (Å²) >= 11 is 3.45. The van der Waals surface area contributed by atoms with E-state index in [9.17, 15) is 0 Å². The number of hydrogen-bond donors (Lipinski definition) is 0. The van der Waals surface area contributed by atoms with E-state index in [0.29, 0.717) is 0 Å². The zero-order valence-electron chi connectivity index (χ0n) is 8.66. The van der Waals surface area contributed by atoms with Crippen molar-refractivity contribution in [1.82, 2.24) is 0 Å². The van der Waals surface area contributed by atoms with Crippen LogP contribution in [0.2, 0.25) is 0 Å². The zero-order chi connectivity index (χ0) is 11.1. The fourth-order valence-corrected chi connectivity index (χ4v) is 2.37. The van der Waals surface area contributed by atoms with Gasteiger partial charge in [0.25, 0.3) is 0 Å². The summed E-state index contributed by atoms with van der Waals surface area (Å²) in [5, 5.41) is 2.19. The lowest BCUT2D eigenvalue weighted by Gasteiger charge is -2.01. The average molecular weight is 277 g/mol. The third-order valence-corrected chi connectivity index (χ3v) is 3.27. The molecule has 0 N–H and O–H groups in total. The Bertz CT molecular complexity index is 670. The van der Waals surface area contributed by atoms with E-state index in [1.165, 1.54) is 0 Å². The van der Waals surface area contributed by atoms with Gasteiger partial charge in [-0.3, -0.25) is 0 Å². The summed E-state index contributed by atoms with van der Waals surface area (Å²) in [6.45, 7) is 0. The van der Waals surface area contributed by atoms with Gasteiger partial charge in [-0.2, -0.15) is 0 Å². The van der Waals surface area contributed by atoms with Crippen LogP contribution in [0.25, 0.3) is 21.9 Å². The second-order valence-electron chi connectivity index (χ2n) is 3.58. The Hall–Kier alpha value is -1.48. The van der Waals surface area contributed by atoms with Crippen molar-refractivity contribution in [1.29, 1.82) is 0 Å². The Morgan fingerprint density at radius 3 is 2.69 bits per heavy atom. The molecule has 1 aromatic heterocycles. The van der Waals surface area contributed by atoms with Gasteiger partial charge < -0.3 is 9.15 Å². The van der Waals surface area contributed by atoms with E-state index in [-0.39, 0.29) is 0 Å². The summed E-state index contributed by atoms with van der Waals surface area (Å²) in [7, 11) is 1.66. The second-order valence-corrected chi connectivity index (χ2v) is 4.44. The Labute approximate surface area is 101 Å². The van der Waals surface area contributed by atoms with Crippen molar-refractivity contribution in [2.45, 2.75) is 0 Å². The number of hydrogen-bond acceptors (Lipinski definition) is 2. The summed E-state index contributed by atoms with van der Waals surface area (Å²) in [6, 6.07) is 11.9. The standard InChI is InChI=1S/C13H9BrO2/c1-15-13-6-9-8-4-2-3-5-11(8)16-12(9)7-10(13)14/h2-7H,1H3. The Morgan fingerprint density at radius 1 is 1.06 bits per heavy atom. The van der Waals surface area contributed by atoms with Gasteiger partial charge in [-0.15, -0.1) is 0 Å². The van der Waals surface area contributed by atoms with Gasteiger partial charge in [0.1, 0.15) is 16.9 Å². The van der Waals surface area contributed by atoms with Crippen molar-refractivity contribution < 1.29 is 9.15 Å². The van der Waals surface area contributed by atoms with E-state index in [0.717, 1.165) is 32.2 Å². The summed E-state index contributed by atoms with van der Waals surface area (Å²) < 4.78 is 11.9. The van der Waals surface area contributed by atoms with Crippen molar-refractivity contribution in [2.75, 3.05) is 7.11 Å². The number of ether oxygens (including phenoxy) is 1. The molecule has 3 heteroatoms. The van der Waals surface area contributed by atoms with E-state index in [2.05, 4.69) is 22.0 Å². The number of para-hydroxylation sites is 1. The molecule has 1 heterocycles. The Balaban J connectivity index is 2.47. The lowest BCUT2D eigenvalue weighted by molar-refractivity contribution is 0.412. The predicted octanol–water partition coefficient (Wildman–Crippen LogP) is 4.36. The second kappa shape index (κ2) is 3.52. The third-order valence-electron chi connectivity index (χ3n) is 2.65. The van der Waals surface area contributed by atoms with Gasteiger partial charge in [0.2, 0.25) is 0 Å². The van der Waals surface area contributed by atoms with Crippen molar-refractivity contribution in [3.05, 3.63) is 40.9 Å². The molecular weight excluding hydrogens is 268 g/mol. The monoisotopic (exact) mass is 276 g/mol. The molecule has 2 aromatic carbocycles. The fraction of sp³-hybridized carbons (Fsp3) is 0.0769. The highest BCUT2D eigenvalue weighted by Crippen LogP contribution is 2.35. The Kier molecular flexibility index (Phi) is 2.14. The van der Waals surface area contributed by atoms with Crippen LogP contribution in [0.15, 0.2) is 45.3 Å². The smallest absolute Gasteiger partial charge is 0.136 e. The van der Waals surface area contributed by atoms with Gasteiger partial charge in [-0.05, 0) is 34.1 Å². The molecule has 0 aliphatic heterocycles. The number of furan rings is 1. The van der Waals surface area contributed by atoms with Crippen molar-refractivity contribution in [2.24, 2.45) is 0 Å². The highest BCUT2D eigenvalue weighted by atomic mass is 79.9. The van der Waals surface area contributed by atoms with Crippen molar-refractivity contribution >= 4 is 37.9 Å². The minimum absolute atomic E-state index is 0.819.